The molecule has 0 atom stereocenters. The number of nitriles is 1. The van der Waals surface area contributed by atoms with Crippen LogP contribution in [0, 0.1) is 18.3 Å². The van der Waals surface area contributed by atoms with Crippen LogP contribution in [0.5, 0.6) is 0 Å². The van der Waals surface area contributed by atoms with E-state index in [4.69, 9.17) is 4.42 Å². The van der Waals surface area contributed by atoms with Crippen molar-refractivity contribution in [3.63, 3.8) is 0 Å². The minimum Gasteiger partial charge on any atom is -0.443 e. The van der Waals surface area contributed by atoms with Gasteiger partial charge in [0.1, 0.15) is 23.0 Å². The molecule has 0 spiro atoms. The molecule has 116 valence electrons. The molecule has 0 radical (unpaired) electrons. The van der Waals surface area contributed by atoms with Crippen molar-refractivity contribution < 1.29 is 9.21 Å². The average molecular weight is 299 g/mol. The van der Waals surface area contributed by atoms with Crippen LogP contribution in [0.4, 0.5) is 0 Å². The van der Waals surface area contributed by atoms with Crippen molar-refractivity contribution in [2.45, 2.75) is 33.6 Å². The zero-order valence-electron chi connectivity index (χ0n) is 13.3. The number of hydrogen-bond acceptors (Lipinski definition) is 3. The zero-order chi connectivity index (χ0) is 16.1. The van der Waals surface area contributed by atoms with Crippen molar-refractivity contribution >= 4 is 5.91 Å². The first kappa shape index (κ1) is 15.9. The number of nitrogens with zero attached hydrogens (tertiary/aromatic N) is 3. The Hall–Kier alpha value is -2.48. The van der Waals surface area contributed by atoms with Crippen LogP contribution in [-0.4, -0.2) is 28.5 Å². The number of aryl methyl sites for hydroxylation is 1. The second kappa shape index (κ2) is 6.99. The lowest BCUT2D eigenvalue weighted by molar-refractivity contribution is 0.0760. The maximum atomic E-state index is 12.8. The maximum absolute atomic E-state index is 12.8. The van der Waals surface area contributed by atoms with Gasteiger partial charge >= 0.3 is 0 Å². The Kier molecular flexibility index (Phi) is 5.05. The van der Waals surface area contributed by atoms with Gasteiger partial charge in [-0.1, -0.05) is 13.3 Å². The van der Waals surface area contributed by atoms with E-state index >= 15 is 0 Å². The van der Waals surface area contributed by atoms with Crippen molar-refractivity contribution in [1.29, 1.82) is 5.26 Å². The van der Waals surface area contributed by atoms with Crippen LogP contribution in [-0.2, 0) is 0 Å². The van der Waals surface area contributed by atoms with E-state index in [1.165, 1.54) is 0 Å². The lowest BCUT2D eigenvalue weighted by Crippen LogP contribution is -2.32. The molecule has 0 fully saturated rings. The number of carbonyl (C=O) groups excluding carboxylic acids is 1. The molecule has 0 aliphatic heterocycles. The predicted molar refractivity (Wildman–Crippen MR) is 84.0 cm³/mol. The summed E-state index contributed by atoms with van der Waals surface area (Å²) in [7, 11) is 0. The first-order valence-electron chi connectivity index (χ1n) is 7.60. The highest BCUT2D eigenvalue weighted by molar-refractivity contribution is 5.98. The molecule has 2 rings (SSSR count). The molecule has 2 heterocycles. The molecule has 5 heteroatoms. The zero-order valence-corrected chi connectivity index (χ0v) is 13.3. The number of rotatable bonds is 6. The molecule has 0 aromatic carbocycles. The van der Waals surface area contributed by atoms with Gasteiger partial charge in [0.05, 0.1) is 0 Å². The minimum absolute atomic E-state index is 0.132. The Morgan fingerprint density at radius 2 is 2.05 bits per heavy atom. The Labute approximate surface area is 130 Å². The number of amides is 1. The van der Waals surface area contributed by atoms with Crippen molar-refractivity contribution in [1.82, 2.24) is 9.47 Å². The van der Waals surface area contributed by atoms with Crippen LogP contribution >= 0.6 is 0 Å². The monoisotopic (exact) mass is 299 g/mol. The third-order valence-corrected chi connectivity index (χ3v) is 3.68. The quantitative estimate of drug-likeness (QED) is 0.820. The molecule has 0 bridgehead atoms. The predicted octanol–water partition coefficient (Wildman–Crippen LogP) is 3.51. The first-order valence-corrected chi connectivity index (χ1v) is 7.60. The van der Waals surface area contributed by atoms with Gasteiger partial charge in [0.2, 0.25) is 5.88 Å². The van der Waals surface area contributed by atoms with E-state index in [1.807, 2.05) is 19.1 Å². The lowest BCUT2D eigenvalue weighted by atomic mass is 10.1. The molecule has 2 aromatic heterocycles. The third-order valence-electron chi connectivity index (χ3n) is 3.68. The van der Waals surface area contributed by atoms with Gasteiger partial charge in [0.15, 0.2) is 0 Å². The van der Waals surface area contributed by atoms with Crippen LogP contribution in [0.2, 0.25) is 0 Å². The fourth-order valence-corrected chi connectivity index (χ4v) is 2.45. The van der Waals surface area contributed by atoms with Gasteiger partial charge in [0.25, 0.3) is 5.91 Å². The van der Waals surface area contributed by atoms with Crippen molar-refractivity contribution in [3.05, 3.63) is 41.4 Å². The van der Waals surface area contributed by atoms with Crippen LogP contribution in [0.15, 0.2) is 28.9 Å². The number of unbranched alkanes of at least 4 members (excludes halogenated alkanes) is 1. The van der Waals surface area contributed by atoms with E-state index in [0.29, 0.717) is 35.9 Å². The fourth-order valence-electron chi connectivity index (χ4n) is 2.45. The summed E-state index contributed by atoms with van der Waals surface area (Å²) in [5.41, 5.74) is 0.679. The molecular weight excluding hydrogens is 278 g/mol. The SMILES string of the molecule is CCCCN(CC)C(=O)c1c(C)oc(-n2cccc2)c1C#N. The number of carbonyl (C=O) groups is 1. The highest BCUT2D eigenvalue weighted by Gasteiger charge is 2.27. The van der Waals surface area contributed by atoms with Gasteiger partial charge in [0, 0.05) is 25.5 Å². The molecule has 1 amide bonds. The summed E-state index contributed by atoms with van der Waals surface area (Å²) in [6.07, 6.45) is 5.56. The largest absolute Gasteiger partial charge is 0.443 e. The molecule has 5 nitrogen and oxygen atoms in total. The first-order chi connectivity index (χ1) is 10.6. The Morgan fingerprint density at radius 1 is 1.36 bits per heavy atom. The third kappa shape index (κ3) is 2.91. The molecule has 0 aliphatic rings. The Balaban J connectivity index is 2.43. The van der Waals surface area contributed by atoms with E-state index in [-0.39, 0.29) is 5.91 Å². The molecule has 0 unspecified atom stereocenters. The molecular formula is C17H21N3O2. The molecule has 0 N–H and O–H groups in total. The van der Waals surface area contributed by atoms with Gasteiger partial charge in [-0.2, -0.15) is 5.26 Å². The summed E-state index contributed by atoms with van der Waals surface area (Å²) in [6, 6.07) is 5.82. The summed E-state index contributed by atoms with van der Waals surface area (Å²) in [4.78, 5) is 14.5. The smallest absolute Gasteiger partial charge is 0.258 e. The van der Waals surface area contributed by atoms with Gasteiger partial charge in [-0.05, 0) is 32.4 Å². The van der Waals surface area contributed by atoms with E-state index in [9.17, 15) is 10.1 Å². The molecule has 0 aliphatic carbocycles. The number of furan rings is 1. The Bertz CT molecular complexity index is 678. The van der Waals surface area contributed by atoms with Crippen molar-refractivity contribution in [2.75, 3.05) is 13.1 Å². The van der Waals surface area contributed by atoms with Gasteiger partial charge < -0.3 is 9.32 Å². The van der Waals surface area contributed by atoms with Crippen molar-refractivity contribution in [3.8, 4) is 12.0 Å². The van der Waals surface area contributed by atoms with E-state index in [1.54, 1.807) is 28.8 Å². The highest BCUT2D eigenvalue weighted by Crippen LogP contribution is 2.26. The summed E-state index contributed by atoms with van der Waals surface area (Å²) in [6.45, 7) is 7.08. The van der Waals surface area contributed by atoms with E-state index in [0.717, 1.165) is 12.8 Å². The number of hydrogen-bond donors (Lipinski definition) is 0. The maximum Gasteiger partial charge on any atom is 0.258 e. The topological polar surface area (TPSA) is 62.2 Å². The van der Waals surface area contributed by atoms with Gasteiger partial charge in [-0.15, -0.1) is 0 Å². The van der Waals surface area contributed by atoms with Gasteiger partial charge in [-0.25, -0.2) is 0 Å². The average Bonchev–Trinajstić information content (AvgIpc) is 3.14. The van der Waals surface area contributed by atoms with Crippen molar-refractivity contribution in [2.24, 2.45) is 0 Å². The summed E-state index contributed by atoms with van der Waals surface area (Å²) >= 11 is 0. The van der Waals surface area contributed by atoms with Crippen LogP contribution in [0.1, 0.15) is 48.4 Å². The highest BCUT2D eigenvalue weighted by atomic mass is 16.4. The number of aromatic nitrogens is 1. The lowest BCUT2D eigenvalue weighted by Gasteiger charge is -2.20. The second-order valence-electron chi connectivity index (χ2n) is 5.15. The van der Waals surface area contributed by atoms with E-state index < -0.39 is 0 Å². The molecule has 22 heavy (non-hydrogen) atoms. The van der Waals surface area contributed by atoms with Gasteiger partial charge in [-0.3, -0.25) is 9.36 Å². The summed E-state index contributed by atoms with van der Waals surface area (Å²) in [5, 5.41) is 9.50. The summed E-state index contributed by atoms with van der Waals surface area (Å²) < 4.78 is 7.41. The minimum atomic E-state index is -0.132. The van der Waals surface area contributed by atoms with Crippen LogP contribution in [0.25, 0.3) is 5.88 Å². The van der Waals surface area contributed by atoms with E-state index in [2.05, 4.69) is 13.0 Å². The second-order valence-corrected chi connectivity index (χ2v) is 5.15. The Morgan fingerprint density at radius 3 is 2.59 bits per heavy atom. The van der Waals surface area contributed by atoms with Crippen LogP contribution in [0.3, 0.4) is 0 Å². The molecule has 2 aromatic rings. The molecule has 0 saturated heterocycles. The fraction of sp³-hybridized carbons (Fsp3) is 0.412. The molecule has 0 saturated carbocycles. The normalized spacial score (nSPS) is 10.5. The standard InChI is InChI=1S/C17H21N3O2/c1-4-6-9-19(5-2)16(21)15-13(3)22-17(14(15)12-18)20-10-7-8-11-20/h7-8,10-11H,4-6,9H2,1-3H3. The van der Waals surface area contributed by atoms with Crippen LogP contribution < -0.4 is 0 Å². The summed E-state index contributed by atoms with van der Waals surface area (Å²) in [5.74, 6) is 0.757.